The Hall–Kier alpha value is -2.21. The van der Waals surface area contributed by atoms with Crippen molar-refractivity contribution in [1.29, 1.82) is 0 Å². The molecule has 6 nitrogen and oxygen atoms in total. The van der Waals surface area contributed by atoms with Crippen molar-refractivity contribution in [2.45, 2.75) is 0 Å². The van der Waals surface area contributed by atoms with Gasteiger partial charge in [-0.05, 0) is 12.1 Å². The third-order valence-electron chi connectivity index (χ3n) is 1.91. The van der Waals surface area contributed by atoms with Crippen LogP contribution in [0.3, 0.4) is 0 Å². The molecule has 0 spiro atoms. The zero-order chi connectivity index (χ0) is 12.3. The maximum absolute atomic E-state index is 11.7. The predicted octanol–water partition coefficient (Wildman–Crippen LogP) is 1.07. The molecule has 2 rings (SSSR count). The molecule has 2 N–H and O–H groups in total. The van der Waals surface area contributed by atoms with Crippen molar-refractivity contribution >= 4 is 23.2 Å². The molecule has 0 saturated carbocycles. The van der Waals surface area contributed by atoms with Crippen LogP contribution in [0.2, 0.25) is 5.15 Å². The average molecular weight is 251 g/mol. The molecule has 0 aliphatic heterocycles. The van der Waals surface area contributed by atoms with Crippen LogP contribution in [0.15, 0.2) is 35.5 Å². The zero-order valence-electron chi connectivity index (χ0n) is 8.48. The van der Waals surface area contributed by atoms with Gasteiger partial charge in [0, 0.05) is 12.4 Å². The van der Waals surface area contributed by atoms with Gasteiger partial charge in [0.15, 0.2) is 5.15 Å². The molecule has 17 heavy (non-hydrogen) atoms. The van der Waals surface area contributed by atoms with Crippen LogP contribution in [-0.2, 0) is 0 Å². The molecule has 1 amide bonds. The Labute approximate surface area is 101 Å². The lowest BCUT2D eigenvalue weighted by Gasteiger charge is -2.04. The Bertz CT molecular complexity index is 591. The fourth-order valence-electron chi connectivity index (χ4n) is 1.13. The molecular formula is C10H7ClN4O2. The normalized spacial score (nSPS) is 9.94. The number of carbonyl (C=O) groups excluding carboxylic acids is 1. The van der Waals surface area contributed by atoms with Crippen LogP contribution in [0.1, 0.15) is 10.5 Å². The molecule has 0 aliphatic carbocycles. The van der Waals surface area contributed by atoms with Gasteiger partial charge in [0.25, 0.3) is 11.5 Å². The summed E-state index contributed by atoms with van der Waals surface area (Å²) in [5.41, 5.74) is 0.0950. The number of anilines is 1. The minimum atomic E-state index is -0.476. The Balaban J connectivity index is 2.20. The summed E-state index contributed by atoms with van der Waals surface area (Å²) in [7, 11) is 0. The Morgan fingerprint density at radius 3 is 2.88 bits per heavy atom. The van der Waals surface area contributed by atoms with E-state index in [-0.39, 0.29) is 16.4 Å². The zero-order valence-corrected chi connectivity index (χ0v) is 9.23. The standard InChI is InChI=1S/C10H7ClN4O2/c11-9-6(2-1-3-12-9)15-10(17)7-4-14-8(16)5-13-7/h1-5H,(H,14,16)(H,15,17). The van der Waals surface area contributed by atoms with Gasteiger partial charge in [-0.1, -0.05) is 11.6 Å². The first-order chi connectivity index (χ1) is 8.16. The smallest absolute Gasteiger partial charge is 0.275 e. The van der Waals surface area contributed by atoms with Crippen molar-refractivity contribution < 1.29 is 4.79 Å². The number of carbonyl (C=O) groups is 1. The second kappa shape index (κ2) is 4.75. The van der Waals surface area contributed by atoms with E-state index in [9.17, 15) is 9.59 Å². The summed E-state index contributed by atoms with van der Waals surface area (Å²) in [5, 5.41) is 2.71. The van der Waals surface area contributed by atoms with Crippen LogP contribution in [0, 0.1) is 0 Å². The lowest BCUT2D eigenvalue weighted by molar-refractivity contribution is 0.102. The quantitative estimate of drug-likeness (QED) is 0.781. The summed E-state index contributed by atoms with van der Waals surface area (Å²) in [5.74, 6) is -0.476. The highest BCUT2D eigenvalue weighted by Gasteiger charge is 2.09. The summed E-state index contributed by atoms with van der Waals surface area (Å²) in [6, 6.07) is 3.25. The summed E-state index contributed by atoms with van der Waals surface area (Å²) >= 11 is 5.78. The van der Waals surface area contributed by atoms with E-state index in [0.29, 0.717) is 5.69 Å². The number of hydrogen-bond donors (Lipinski definition) is 2. The third-order valence-corrected chi connectivity index (χ3v) is 2.21. The first-order valence-corrected chi connectivity index (χ1v) is 5.01. The van der Waals surface area contributed by atoms with Gasteiger partial charge >= 0.3 is 0 Å². The van der Waals surface area contributed by atoms with E-state index in [1.807, 2.05) is 0 Å². The molecule has 0 aliphatic rings. The molecule has 86 valence electrons. The number of halogens is 1. The van der Waals surface area contributed by atoms with Crippen LogP contribution >= 0.6 is 11.6 Å². The second-order valence-corrected chi connectivity index (χ2v) is 3.45. The van der Waals surface area contributed by atoms with Crippen molar-refractivity contribution in [2.75, 3.05) is 5.32 Å². The van der Waals surface area contributed by atoms with Crippen LogP contribution in [-0.4, -0.2) is 20.9 Å². The van der Waals surface area contributed by atoms with Crippen molar-refractivity contribution in [3.8, 4) is 0 Å². The molecule has 7 heteroatoms. The monoisotopic (exact) mass is 250 g/mol. The summed E-state index contributed by atoms with van der Waals surface area (Å²) in [6.45, 7) is 0. The molecule has 0 radical (unpaired) electrons. The molecule has 2 heterocycles. The number of nitrogens with one attached hydrogen (secondary N) is 2. The second-order valence-electron chi connectivity index (χ2n) is 3.09. The minimum absolute atomic E-state index is 0.0875. The van der Waals surface area contributed by atoms with Crippen LogP contribution in [0.5, 0.6) is 0 Å². The van der Waals surface area contributed by atoms with E-state index in [2.05, 4.69) is 20.3 Å². The van der Waals surface area contributed by atoms with Gasteiger partial charge in [0.05, 0.1) is 11.9 Å². The van der Waals surface area contributed by atoms with E-state index >= 15 is 0 Å². The van der Waals surface area contributed by atoms with Gasteiger partial charge < -0.3 is 10.3 Å². The molecule has 0 fully saturated rings. The molecule has 0 saturated heterocycles. The fraction of sp³-hybridized carbons (Fsp3) is 0. The molecule has 2 aromatic rings. The average Bonchev–Trinajstić information content (AvgIpc) is 2.33. The third kappa shape index (κ3) is 2.67. The lowest BCUT2D eigenvalue weighted by Crippen LogP contribution is -2.17. The summed E-state index contributed by atoms with van der Waals surface area (Å²) < 4.78 is 0. The molecule has 2 aromatic heterocycles. The maximum atomic E-state index is 11.7. The topological polar surface area (TPSA) is 87.7 Å². The van der Waals surface area contributed by atoms with Gasteiger partial charge in [-0.3, -0.25) is 9.59 Å². The number of amides is 1. The van der Waals surface area contributed by atoms with Gasteiger partial charge in [-0.25, -0.2) is 9.97 Å². The van der Waals surface area contributed by atoms with E-state index < -0.39 is 5.91 Å². The number of hydrogen-bond acceptors (Lipinski definition) is 4. The van der Waals surface area contributed by atoms with E-state index in [1.165, 1.54) is 12.4 Å². The number of rotatable bonds is 2. The first-order valence-electron chi connectivity index (χ1n) is 4.63. The molecule has 0 unspecified atom stereocenters. The number of nitrogens with zero attached hydrogens (tertiary/aromatic N) is 2. The number of H-pyrrole nitrogens is 1. The fourth-order valence-corrected chi connectivity index (χ4v) is 1.30. The number of aromatic nitrogens is 3. The van der Waals surface area contributed by atoms with E-state index in [0.717, 1.165) is 6.20 Å². The SMILES string of the molecule is O=C(Nc1cccnc1Cl)c1c[nH]c(=O)cn1. The maximum Gasteiger partial charge on any atom is 0.275 e. The van der Waals surface area contributed by atoms with Gasteiger partial charge in [-0.2, -0.15) is 0 Å². The van der Waals surface area contributed by atoms with Gasteiger partial charge in [0.2, 0.25) is 0 Å². The largest absolute Gasteiger partial charge is 0.325 e. The van der Waals surface area contributed by atoms with E-state index in [4.69, 9.17) is 11.6 Å². The highest BCUT2D eigenvalue weighted by Crippen LogP contribution is 2.17. The Kier molecular flexibility index (Phi) is 3.15. The summed E-state index contributed by atoms with van der Waals surface area (Å²) in [6.07, 6.45) is 3.76. The number of aromatic amines is 1. The predicted molar refractivity (Wildman–Crippen MR) is 62.1 cm³/mol. The first kappa shape index (κ1) is 11.3. The van der Waals surface area contributed by atoms with Crippen LogP contribution in [0.25, 0.3) is 0 Å². The van der Waals surface area contributed by atoms with Gasteiger partial charge in [-0.15, -0.1) is 0 Å². The van der Waals surface area contributed by atoms with Crippen molar-refractivity contribution in [1.82, 2.24) is 15.0 Å². The molecule has 0 atom stereocenters. The van der Waals surface area contributed by atoms with Gasteiger partial charge in [0.1, 0.15) is 5.69 Å². The summed E-state index contributed by atoms with van der Waals surface area (Å²) in [4.78, 5) is 32.3. The molecule has 0 aromatic carbocycles. The van der Waals surface area contributed by atoms with Crippen molar-refractivity contribution in [3.63, 3.8) is 0 Å². The Morgan fingerprint density at radius 2 is 2.24 bits per heavy atom. The van der Waals surface area contributed by atoms with Crippen LogP contribution < -0.4 is 10.9 Å². The van der Waals surface area contributed by atoms with E-state index in [1.54, 1.807) is 12.1 Å². The minimum Gasteiger partial charge on any atom is -0.325 e. The van der Waals surface area contributed by atoms with Crippen LogP contribution in [0.4, 0.5) is 5.69 Å². The highest BCUT2D eigenvalue weighted by molar-refractivity contribution is 6.32. The molecular weight excluding hydrogens is 244 g/mol. The number of pyridine rings is 1. The lowest BCUT2D eigenvalue weighted by atomic mass is 10.3. The van der Waals surface area contributed by atoms with Crippen molar-refractivity contribution in [3.05, 3.63) is 51.9 Å². The molecule has 0 bridgehead atoms. The van der Waals surface area contributed by atoms with Crippen molar-refractivity contribution in [2.24, 2.45) is 0 Å². The highest BCUT2D eigenvalue weighted by atomic mass is 35.5. The Morgan fingerprint density at radius 1 is 1.41 bits per heavy atom.